The molecule has 0 aliphatic carbocycles. The number of carbonyl (C=O) groups is 4. The van der Waals surface area contributed by atoms with Crippen LogP contribution in [-0.4, -0.2) is 62.5 Å². The summed E-state index contributed by atoms with van der Waals surface area (Å²) >= 11 is 0. The Morgan fingerprint density at radius 3 is 0.789 bits per heavy atom. The molecule has 0 heterocycles. The summed E-state index contributed by atoms with van der Waals surface area (Å²) in [6.07, 6.45) is 33.4. The van der Waals surface area contributed by atoms with Crippen LogP contribution in [0.4, 0.5) is 0 Å². The first-order valence-electron chi connectivity index (χ1n) is 24.1. The molecule has 0 spiro atoms. The van der Waals surface area contributed by atoms with Gasteiger partial charge in [-0.25, -0.2) is 0 Å². The van der Waals surface area contributed by atoms with E-state index in [4.69, 9.17) is 23.7 Å². The molecule has 0 saturated carbocycles. The van der Waals surface area contributed by atoms with Crippen molar-refractivity contribution in [3.8, 4) is 0 Å². The van der Waals surface area contributed by atoms with Crippen LogP contribution in [0.1, 0.15) is 246 Å². The molecule has 0 fully saturated rings. The summed E-state index contributed by atoms with van der Waals surface area (Å²) in [4.78, 5) is 50.7. The molecule has 0 N–H and O–H groups in total. The average Bonchev–Trinajstić information content (AvgIpc) is 3.20. The molecule has 336 valence electrons. The van der Waals surface area contributed by atoms with E-state index >= 15 is 0 Å². The Bertz CT molecular complexity index is 924. The fraction of sp³-hybridized carbons (Fsp3) is 0.917. The van der Waals surface area contributed by atoms with Gasteiger partial charge in [-0.2, -0.15) is 0 Å². The third kappa shape index (κ3) is 40.4. The van der Waals surface area contributed by atoms with Gasteiger partial charge in [0.2, 0.25) is 0 Å². The number of esters is 4. The summed E-state index contributed by atoms with van der Waals surface area (Å²) in [7, 11) is 0. The molecular formula is C48H90O9. The van der Waals surface area contributed by atoms with Gasteiger partial charge in [-0.05, 0) is 25.7 Å². The zero-order valence-corrected chi connectivity index (χ0v) is 37.7. The average molecular weight is 811 g/mol. The van der Waals surface area contributed by atoms with Crippen LogP contribution in [0.15, 0.2) is 0 Å². The maximum Gasteiger partial charge on any atom is 0.306 e. The molecule has 0 amide bonds. The molecule has 9 heteroatoms. The summed E-state index contributed by atoms with van der Waals surface area (Å²) in [6, 6.07) is 0. The zero-order chi connectivity index (χ0) is 41.9. The minimum absolute atomic E-state index is 0.0363. The van der Waals surface area contributed by atoms with Crippen LogP contribution in [0.2, 0.25) is 0 Å². The SMILES string of the molecule is CCCCCCCCCCCCCC(=O)OC(COCC(COC(=O)CCCCCCC)OC(=O)CCCCCCCCCCC)COC(=O)CCCCCCC. The third-order valence-corrected chi connectivity index (χ3v) is 10.5. The fourth-order valence-electron chi connectivity index (χ4n) is 6.83. The van der Waals surface area contributed by atoms with Crippen LogP contribution in [0, 0.1) is 0 Å². The molecule has 2 atom stereocenters. The van der Waals surface area contributed by atoms with Gasteiger partial charge >= 0.3 is 23.9 Å². The second-order valence-electron chi connectivity index (χ2n) is 16.3. The molecule has 0 saturated heterocycles. The van der Waals surface area contributed by atoms with Crippen molar-refractivity contribution in [1.29, 1.82) is 0 Å². The quantitative estimate of drug-likeness (QED) is 0.0337. The molecule has 0 aromatic heterocycles. The standard InChI is InChI=1S/C48H90O9/c1-5-9-13-17-19-21-22-24-26-30-34-38-48(52)57-44(42-55-46(50)36-32-28-16-12-8-4)40-53-39-43(41-54-45(49)35-31-27-15-11-7-3)56-47(51)37-33-29-25-23-20-18-14-10-6-2/h43-44H,5-42H2,1-4H3. The van der Waals surface area contributed by atoms with Gasteiger partial charge in [-0.15, -0.1) is 0 Å². The van der Waals surface area contributed by atoms with Crippen molar-refractivity contribution in [2.75, 3.05) is 26.4 Å². The maximum atomic E-state index is 12.9. The first-order chi connectivity index (χ1) is 27.9. The molecule has 0 rings (SSSR count). The van der Waals surface area contributed by atoms with Crippen molar-refractivity contribution >= 4 is 23.9 Å². The number of rotatable bonds is 44. The van der Waals surface area contributed by atoms with Crippen LogP contribution < -0.4 is 0 Å². The van der Waals surface area contributed by atoms with E-state index in [0.29, 0.717) is 25.7 Å². The Hall–Kier alpha value is -2.16. The summed E-state index contributed by atoms with van der Waals surface area (Å²) < 4.78 is 28.5. The normalized spacial score (nSPS) is 12.3. The van der Waals surface area contributed by atoms with Gasteiger partial charge < -0.3 is 23.7 Å². The van der Waals surface area contributed by atoms with Crippen LogP contribution in [0.3, 0.4) is 0 Å². The lowest BCUT2D eigenvalue weighted by Crippen LogP contribution is -2.34. The zero-order valence-electron chi connectivity index (χ0n) is 37.7. The van der Waals surface area contributed by atoms with Gasteiger partial charge in [0.25, 0.3) is 0 Å². The van der Waals surface area contributed by atoms with E-state index < -0.39 is 12.2 Å². The highest BCUT2D eigenvalue weighted by atomic mass is 16.6. The highest BCUT2D eigenvalue weighted by molar-refractivity contribution is 5.71. The van der Waals surface area contributed by atoms with E-state index in [9.17, 15) is 19.2 Å². The van der Waals surface area contributed by atoms with Crippen molar-refractivity contribution in [3.63, 3.8) is 0 Å². The van der Waals surface area contributed by atoms with E-state index in [1.807, 2.05) is 0 Å². The van der Waals surface area contributed by atoms with Crippen molar-refractivity contribution in [3.05, 3.63) is 0 Å². The molecule has 2 unspecified atom stereocenters. The fourth-order valence-corrected chi connectivity index (χ4v) is 6.83. The number of hydrogen-bond donors (Lipinski definition) is 0. The molecule has 0 aromatic carbocycles. The highest BCUT2D eigenvalue weighted by Crippen LogP contribution is 2.15. The summed E-state index contributed by atoms with van der Waals surface area (Å²) in [5.41, 5.74) is 0. The Balaban J connectivity index is 5.06. The number of unbranched alkanes of at least 4 members (excludes halogenated alkanes) is 26. The third-order valence-electron chi connectivity index (χ3n) is 10.5. The molecule has 0 bridgehead atoms. The van der Waals surface area contributed by atoms with E-state index in [1.165, 1.54) is 89.9 Å². The smallest absolute Gasteiger partial charge is 0.306 e. The summed E-state index contributed by atoms with van der Waals surface area (Å²) in [5.74, 6) is -1.32. The topological polar surface area (TPSA) is 114 Å². The van der Waals surface area contributed by atoms with Crippen molar-refractivity contribution in [2.24, 2.45) is 0 Å². The summed E-state index contributed by atoms with van der Waals surface area (Å²) in [6.45, 7) is 8.50. The van der Waals surface area contributed by atoms with E-state index in [1.54, 1.807) is 0 Å². The number of hydrogen-bond acceptors (Lipinski definition) is 9. The Morgan fingerprint density at radius 1 is 0.298 bits per heavy atom. The Morgan fingerprint density at radius 2 is 0.526 bits per heavy atom. The van der Waals surface area contributed by atoms with Crippen LogP contribution >= 0.6 is 0 Å². The minimum Gasteiger partial charge on any atom is -0.462 e. The minimum atomic E-state index is -0.793. The second kappa shape index (κ2) is 43.4. The molecule has 57 heavy (non-hydrogen) atoms. The molecule has 0 aliphatic heterocycles. The van der Waals surface area contributed by atoms with Crippen molar-refractivity contribution in [1.82, 2.24) is 0 Å². The van der Waals surface area contributed by atoms with Gasteiger partial charge in [0.1, 0.15) is 13.2 Å². The monoisotopic (exact) mass is 811 g/mol. The Kier molecular flexibility index (Phi) is 41.8. The number of ether oxygens (including phenoxy) is 5. The molecule has 0 radical (unpaired) electrons. The predicted molar refractivity (Wildman–Crippen MR) is 232 cm³/mol. The first-order valence-corrected chi connectivity index (χ1v) is 24.1. The van der Waals surface area contributed by atoms with Gasteiger partial charge in [0.05, 0.1) is 13.2 Å². The predicted octanol–water partition coefficient (Wildman–Crippen LogP) is 13.3. The molecule has 0 aliphatic rings. The van der Waals surface area contributed by atoms with E-state index in [-0.39, 0.29) is 50.3 Å². The second-order valence-corrected chi connectivity index (χ2v) is 16.3. The van der Waals surface area contributed by atoms with Crippen LogP contribution in [-0.2, 0) is 42.9 Å². The van der Waals surface area contributed by atoms with Gasteiger partial charge in [0, 0.05) is 25.7 Å². The largest absolute Gasteiger partial charge is 0.462 e. The van der Waals surface area contributed by atoms with Gasteiger partial charge in [0.15, 0.2) is 12.2 Å². The first kappa shape index (κ1) is 54.8. The maximum absolute atomic E-state index is 12.9. The van der Waals surface area contributed by atoms with Gasteiger partial charge in [-0.3, -0.25) is 19.2 Å². The summed E-state index contributed by atoms with van der Waals surface area (Å²) in [5, 5.41) is 0. The van der Waals surface area contributed by atoms with E-state index in [0.717, 1.165) is 103 Å². The van der Waals surface area contributed by atoms with Gasteiger partial charge in [-0.1, -0.05) is 195 Å². The van der Waals surface area contributed by atoms with Crippen molar-refractivity contribution in [2.45, 2.75) is 258 Å². The highest BCUT2D eigenvalue weighted by Gasteiger charge is 2.22. The van der Waals surface area contributed by atoms with Crippen LogP contribution in [0.5, 0.6) is 0 Å². The van der Waals surface area contributed by atoms with Crippen LogP contribution in [0.25, 0.3) is 0 Å². The van der Waals surface area contributed by atoms with E-state index in [2.05, 4.69) is 27.7 Å². The Labute approximate surface area is 350 Å². The lowest BCUT2D eigenvalue weighted by Gasteiger charge is -2.21. The van der Waals surface area contributed by atoms with Crippen molar-refractivity contribution < 1.29 is 42.9 Å². The lowest BCUT2D eigenvalue weighted by atomic mass is 10.1. The molecular weight excluding hydrogens is 721 g/mol. The molecule has 9 nitrogen and oxygen atoms in total. The molecule has 0 aromatic rings. The lowest BCUT2D eigenvalue weighted by molar-refractivity contribution is -0.169. The number of carbonyl (C=O) groups excluding carboxylic acids is 4.